The molecular weight excluding hydrogens is 433 g/mol. The molecule has 1 aromatic rings. The second-order valence-electron chi connectivity index (χ2n) is 9.04. The highest BCUT2D eigenvalue weighted by Gasteiger charge is 2.28. The van der Waals surface area contributed by atoms with Gasteiger partial charge in [0.05, 0.1) is 26.0 Å². The smallest absolute Gasteiger partial charge is 0.331 e. The zero-order valence-corrected chi connectivity index (χ0v) is 21.1. The van der Waals surface area contributed by atoms with Crippen molar-refractivity contribution in [2.24, 2.45) is 11.8 Å². The Labute approximate surface area is 192 Å². The maximum atomic E-state index is 14.8. The molecule has 1 aromatic carbocycles. The minimum absolute atomic E-state index is 0.0724. The molecule has 1 unspecified atom stereocenters. The van der Waals surface area contributed by atoms with Crippen LogP contribution in [0.2, 0.25) is 0 Å². The lowest BCUT2D eigenvalue weighted by molar-refractivity contribution is 0.205. The second-order valence-corrected chi connectivity index (χ2v) is 11.1. The summed E-state index contributed by atoms with van der Waals surface area (Å²) in [5, 5.41) is 0. The van der Waals surface area contributed by atoms with E-state index in [9.17, 15) is 13.3 Å². The van der Waals surface area contributed by atoms with Gasteiger partial charge in [0, 0.05) is 5.92 Å². The lowest BCUT2D eigenvalue weighted by Gasteiger charge is -2.29. The van der Waals surface area contributed by atoms with Gasteiger partial charge in [0.15, 0.2) is 11.6 Å². The number of rotatable bonds is 14. The Balaban J connectivity index is 1.92. The Morgan fingerprint density at radius 3 is 2.25 bits per heavy atom. The molecule has 0 N–H and O–H groups in total. The molecule has 0 saturated heterocycles. The molecule has 32 heavy (non-hydrogen) atoms. The van der Waals surface area contributed by atoms with Gasteiger partial charge in [-0.25, -0.2) is 4.39 Å². The highest BCUT2D eigenvalue weighted by molar-refractivity contribution is 7.53. The van der Waals surface area contributed by atoms with E-state index >= 15 is 0 Å². The lowest BCUT2D eigenvalue weighted by atomic mass is 9.77. The lowest BCUT2D eigenvalue weighted by Crippen LogP contribution is -2.17. The number of halogens is 2. The Bertz CT molecular complexity index is 725. The largest absolute Gasteiger partial charge is 0.490 e. The van der Waals surface area contributed by atoms with Crippen LogP contribution in [-0.4, -0.2) is 26.0 Å². The molecule has 1 atom stereocenters. The fraction of sp³-hybridized carbons (Fsp3) is 0.760. The molecule has 0 aromatic heterocycles. The Hall–Kier alpha value is -0.970. The van der Waals surface area contributed by atoms with Gasteiger partial charge in [-0.15, -0.1) is 0 Å². The summed E-state index contributed by atoms with van der Waals surface area (Å²) in [6.07, 6.45) is 9.18. The van der Waals surface area contributed by atoms with Crippen LogP contribution < -0.4 is 4.74 Å². The first kappa shape index (κ1) is 27.3. The molecule has 4 nitrogen and oxygen atoms in total. The average molecular weight is 475 g/mol. The third-order valence-electron chi connectivity index (χ3n) is 6.29. The fourth-order valence-corrected chi connectivity index (χ4v) is 6.56. The summed E-state index contributed by atoms with van der Waals surface area (Å²) in [7, 11) is -3.21. The monoisotopic (exact) mass is 474 g/mol. The van der Waals surface area contributed by atoms with Crippen LogP contribution in [0.15, 0.2) is 12.1 Å². The van der Waals surface area contributed by atoms with Crippen LogP contribution in [0.5, 0.6) is 5.75 Å². The van der Waals surface area contributed by atoms with Crippen molar-refractivity contribution in [3.05, 3.63) is 29.3 Å². The number of benzene rings is 1. The predicted octanol–water partition coefficient (Wildman–Crippen LogP) is 8.10. The van der Waals surface area contributed by atoms with E-state index in [1.54, 1.807) is 19.9 Å². The summed E-state index contributed by atoms with van der Waals surface area (Å²) in [6.45, 7) is 8.22. The SMILES string of the molecule is CCCCCC1CCC(c2ccc(OCC(C)CP(=O)(OCC)OCC)c(F)c2F)CC1. The highest BCUT2D eigenvalue weighted by Crippen LogP contribution is 2.49. The quantitative estimate of drug-likeness (QED) is 0.202. The molecule has 2 rings (SSSR count). The molecular formula is C25H41F2O4P. The van der Waals surface area contributed by atoms with Crippen molar-refractivity contribution in [3.8, 4) is 5.75 Å². The number of hydrogen-bond acceptors (Lipinski definition) is 4. The Kier molecular flexibility index (Phi) is 11.7. The van der Waals surface area contributed by atoms with Gasteiger partial charge in [-0.3, -0.25) is 4.57 Å². The van der Waals surface area contributed by atoms with Crippen molar-refractivity contribution in [2.75, 3.05) is 26.0 Å². The van der Waals surface area contributed by atoms with Crippen molar-refractivity contribution in [1.29, 1.82) is 0 Å². The number of ether oxygens (including phenoxy) is 1. The second kappa shape index (κ2) is 13.7. The molecule has 0 heterocycles. The first-order valence-corrected chi connectivity index (χ1v) is 14.0. The summed E-state index contributed by atoms with van der Waals surface area (Å²) in [6, 6.07) is 3.20. The van der Waals surface area contributed by atoms with Crippen molar-refractivity contribution >= 4 is 7.60 Å². The normalized spacial score (nSPS) is 20.3. The summed E-state index contributed by atoms with van der Waals surface area (Å²) in [5.74, 6) is -1.24. The highest BCUT2D eigenvalue weighted by atomic mass is 31.2. The van der Waals surface area contributed by atoms with Gasteiger partial charge in [0.2, 0.25) is 5.82 Å². The molecule has 184 valence electrons. The molecule has 0 bridgehead atoms. The van der Waals surface area contributed by atoms with Crippen LogP contribution in [0.4, 0.5) is 8.78 Å². The zero-order chi connectivity index (χ0) is 23.6. The van der Waals surface area contributed by atoms with Gasteiger partial charge in [0.1, 0.15) is 0 Å². The Morgan fingerprint density at radius 2 is 1.66 bits per heavy atom. The topological polar surface area (TPSA) is 44.8 Å². The summed E-state index contributed by atoms with van der Waals surface area (Å²) >= 11 is 0. The van der Waals surface area contributed by atoms with E-state index in [-0.39, 0.29) is 43.6 Å². The standard InChI is InChI=1S/C25H41F2O4P/c1-5-8-9-10-20-11-13-21(14-12-20)22-15-16-23(25(27)24(22)26)29-17-19(4)18-32(28,30-6-2)31-7-3/h15-16,19-21H,5-14,17-18H2,1-4H3. The predicted molar refractivity (Wildman–Crippen MR) is 126 cm³/mol. The molecule has 7 heteroatoms. The summed E-state index contributed by atoms with van der Waals surface area (Å²) < 4.78 is 58.4. The minimum Gasteiger partial charge on any atom is -0.490 e. The molecule has 0 radical (unpaired) electrons. The molecule has 0 spiro atoms. The fourth-order valence-electron chi connectivity index (χ4n) is 4.62. The third kappa shape index (κ3) is 8.11. The van der Waals surface area contributed by atoms with E-state index in [0.29, 0.717) is 5.56 Å². The van der Waals surface area contributed by atoms with E-state index in [1.165, 1.54) is 31.7 Å². The maximum absolute atomic E-state index is 14.8. The molecule has 0 aliphatic heterocycles. The van der Waals surface area contributed by atoms with Gasteiger partial charge < -0.3 is 13.8 Å². The van der Waals surface area contributed by atoms with Crippen LogP contribution in [0.25, 0.3) is 0 Å². The van der Waals surface area contributed by atoms with Crippen LogP contribution in [0, 0.1) is 23.5 Å². The van der Waals surface area contributed by atoms with Crippen LogP contribution in [0.1, 0.15) is 90.5 Å². The van der Waals surface area contributed by atoms with Crippen LogP contribution >= 0.6 is 7.60 Å². The molecule has 1 saturated carbocycles. The van der Waals surface area contributed by atoms with Crippen LogP contribution in [-0.2, 0) is 13.6 Å². The van der Waals surface area contributed by atoms with E-state index in [4.69, 9.17) is 13.8 Å². The molecule has 1 aliphatic rings. The van der Waals surface area contributed by atoms with E-state index in [1.807, 2.05) is 6.92 Å². The van der Waals surface area contributed by atoms with Gasteiger partial charge in [-0.1, -0.05) is 45.6 Å². The zero-order valence-electron chi connectivity index (χ0n) is 20.2. The first-order valence-electron chi connectivity index (χ1n) is 12.3. The van der Waals surface area contributed by atoms with E-state index in [2.05, 4.69) is 6.92 Å². The van der Waals surface area contributed by atoms with Crippen molar-refractivity contribution in [3.63, 3.8) is 0 Å². The number of hydrogen-bond donors (Lipinski definition) is 0. The van der Waals surface area contributed by atoms with Crippen LogP contribution in [0.3, 0.4) is 0 Å². The average Bonchev–Trinajstić information content (AvgIpc) is 2.76. The minimum atomic E-state index is -3.21. The molecule has 1 aliphatic carbocycles. The summed E-state index contributed by atoms with van der Waals surface area (Å²) in [5.41, 5.74) is 0.465. The van der Waals surface area contributed by atoms with Crippen molar-refractivity contribution in [2.45, 2.75) is 85.0 Å². The molecule has 0 amide bonds. The summed E-state index contributed by atoms with van der Waals surface area (Å²) in [4.78, 5) is 0. The van der Waals surface area contributed by atoms with Crippen molar-refractivity contribution < 1.29 is 27.1 Å². The van der Waals surface area contributed by atoms with E-state index < -0.39 is 19.2 Å². The first-order chi connectivity index (χ1) is 15.3. The van der Waals surface area contributed by atoms with Gasteiger partial charge in [-0.2, -0.15) is 4.39 Å². The number of unbranched alkanes of at least 4 members (excludes halogenated alkanes) is 2. The Morgan fingerprint density at radius 1 is 1.00 bits per heavy atom. The van der Waals surface area contributed by atoms with Gasteiger partial charge >= 0.3 is 7.60 Å². The van der Waals surface area contributed by atoms with Crippen molar-refractivity contribution in [1.82, 2.24) is 0 Å². The third-order valence-corrected chi connectivity index (χ3v) is 8.66. The molecule has 1 fully saturated rings. The van der Waals surface area contributed by atoms with Gasteiger partial charge in [0.25, 0.3) is 0 Å². The van der Waals surface area contributed by atoms with Gasteiger partial charge in [-0.05, 0) is 63.0 Å². The maximum Gasteiger partial charge on any atom is 0.331 e. The van der Waals surface area contributed by atoms with E-state index in [0.717, 1.165) is 31.6 Å².